The summed E-state index contributed by atoms with van der Waals surface area (Å²) >= 11 is 0. The van der Waals surface area contributed by atoms with Gasteiger partial charge in [-0.2, -0.15) is 0 Å². The molecular weight excluding hydrogens is 200 g/mol. The Hall–Kier alpha value is -0.340. The van der Waals surface area contributed by atoms with Crippen LogP contribution in [0.25, 0.3) is 0 Å². The Balaban J connectivity index is 3.22. The standard InChI is InChI=1S/C14H26O2/c1-13(2,3)11-9(7-15)10(8-16)12(11)14(4,5)6/h9-10,15-16H,7-8H2,1-6H3/t9-,10+. The highest BCUT2D eigenvalue weighted by Gasteiger charge is 2.47. The molecule has 0 spiro atoms. The van der Waals surface area contributed by atoms with Crippen LogP contribution in [-0.2, 0) is 0 Å². The molecular formula is C14H26O2. The number of rotatable bonds is 2. The van der Waals surface area contributed by atoms with Crippen LogP contribution in [0.5, 0.6) is 0 Å². The summed E-state index contributed by atoms with van der Waals surface area (Å²) in [6.45, 7) is 13.4. The van der Waals surface area contributed by atoms with Crippen LogP contribution in [0.1, 0.15) is 41.5 Å². The van der Waals surface area contributed by atoms with Crippen LogP contribution in [-0.4, -0.2) is 23.4 Å². The molecule has 0 aliphatic heterocycles. The van der Waals surface area contributed by atoms with Gasteiger partial charge in [0.05, 0.1) is 13.2 Å². The number of hydrogen-bond donors (Lipinski definition) is 2. The van der Waals surface area contributed by atoms with E-state index in [9.17, 15) is 10.2 Å². The summed E-state index contributed by atoms with van der Waals surface area (Å²) in [5.74, 6) is 0.304. The van der Waals surface area contributed by atoms with E-state index in [4.69, 9.17) is 0 Å². The van der Waals surface area contributed by atoms with Crippen molar-refractivity contribution in [2.24, 2.45) is 22.7 Å². The minimum absolute atomic E-state index is 0.0850. The Morgan fingerprint density at radius 1 is 0.750 bits per heavy atom. The molecule has 1 aliphatic rings. The van der Waals surface area contributed by atoms with E-state index in [0.29, 0.717) is 0 Å². The first-order valence-corrected chi connectivity index (χ1v) is 6.11. The van der Waals surface area contributed by atoms with Gasteiger partial charge in [0.2, 0.25) is 0 Å². The van der Waals surface area contributed by atoms with E-state index in [1.807, 2.05) is 0 Å². The molecule has 2 atom stereocenters. The van der Waals surface area contributed by atoms with Gasteiger partial charge < -0.3 is 10.2 Å². The van der Waals surface area contributed by atoms with Gasteiger partial charge in [-0.05, 0) is 10.8 Å². The molecule has 0 amide bonds. The average molecular weight is 226 g/mol. The average Bonchev–Trinajstić information content (AvgIpc) is 1.98. The van der Waals surface area contributed by atoms with Crippen LogP contribution in [0.15, 0.2) is 11.1 Å². The first-order valence-electron chi connectivity index (χ1n) is 6.11. The van der Waals surface area contributed by atoms with Gasteiger partial charge in [0, 0.05) is 11.8 Å². The summed E-state index contributed by atoms with van der Waals surface area (Å²) in [6, 6.07) is 0. The van der Waals surface area contributed by atoms with Crippen molar-refractivity contribution >= 4 is 0 Å². The van der Waals surface area contributed by atoms with E-state index < -0.39 is 0 Å². The highest BCUT2D eigenvalue weighted by atomic mass is 16.3. The molecule has 0 unspecified atom stereocenters. The van der Waals surface area contributed by atoms with Crippen LogP contribution in [0.2, 0.25) is 0 Å². The minimum atomic E-state index is 0.0850. The third kappa shape index (κ3) is 2.18. The number of aliphatic hydroxyl groups is 2. The second-order valence-corrected chi connectivity index (χ2v) is 6.91. The molecule has 2 nitrogen and oxygen atoms in total. The second kappa shape index (κ2) is 4.15. The van der Waals surface area contributed by atoms with Crippen molar-refractivity contribution in [2.75, 3.05) is 13.2 Å². The van der Waals surface area contributed by atoms with Crippen LogP contribution >= 0.6 is 0 Å². The van der Waals surface area contributed by atoms with E-state index in [1.54, 1.807) is 0 Å². The molecule has 0 saturated carbocycles. The van der Waals surface area contributed by atoms with Gasteiger partial charge >= 0.3 is 0 Å². The van der Waals surface area contributed by atoms with E-state index in [-0.39, 0.29) is 35.9 Å². The summed E-state index contributed by atoms with van der Waals surface area (Å²) in [4.78, 5) is 0. The normalized spacial score (nSPS) is 27.0. The Kier molecular flexibility index (Phi) is 3.56. The lowest BCUT2D eigenvalue weighted by Gasteiger charge is -2.51. The van der Waals surface area contributed by atoms with E-state index in [2.05, 4.69) is 41.5 Å². The summed E-state index contributed by atoms with van der Waals surface area (Å²) < 4.78 is 0. The highest BCUT2D eigenvalue weighted by molar-refractivity contribution is 5.40. The molecule has 94 valence electrons. The fourth-order valence-corrected chi connectivity index (χ4v) is 3.06. The molecule has 16 heavy (non-hydrogen) atoms. The molecule has 0 heterocycles. The first kappa shape index (κ1) is 13.7. The number of aliphatic hydroxyl groups excluding tert-OH is 2. The largest absolute Gasteiger partial charge is 0.396 e. The maximum Gasteiger partial charge on any atom is 0.0503 e. The maximum absolute atomic E-state index is 9.46. The quantitative estimate of drug-likeness (QED) is 0.711. The van der Waals surface area contributed by atoms with Crippen LogP contribution in [0, 0.1) is 22.7 Å². The van der Waals surface area contributed by atoms with Crippen molar-refractivity contribution in [2.45, 2.75) is 41.5 Å². The SMILES string of the molecule is CC(C)(C)C1=C(C(C)(C)C)[C@H](CO)[C@@H]1CO. The summed E-state index contributed by atoms with van der Waals surface area (Å²) in [7, 11) is 0. The molecule has 0 radical (unpaired) electrons. The third-order valence-corrected chi connectivity index (χ3v) is 3.53. The van der Waals surface area contributed by atoms with Crippen molar-refractivity contribution in [3.05, 3.63) is 11.1 Å². The topological polar surface area (TPSA) is 40.5 Å². The van der Waals surface area contributed by atoms with Crippen molar-refractivity contribution in [1.82, 2.24) is 0 Å². The second-order valence-electron chi connectivity index (χ2n) is 6.91. The van der Waals surface area contributed by atoms with E-state index in [1.165, 1.54) is 11.1 Å². The zero-order valence-corrected chi connectivity index (χ0v) is 11.5. The summed E-state index contributed by atoms with van der Waals surface area (Å²) in [5, 5.41) is 18.9. The molecule has 2 N–H and O–H groups in total. The Morgan fingerprint density at radius 2 is 1.00 bits per heavy atom. The molecule has 0 fully saturated rings. The smallest absolute Gasteiger partial charge is 0.0503 e. The van der Waals surface area contributed by atoms with Crippen molar-refractivity contribution in [3.63, 3.8) is 0 Å². The highest BCUT2D eigenvalue weighted by Crippen LogP contribution is 2.55. The van der Waals surface area contributed by atoms with Gasteiger partial charge in [0.15, 0.2) is 0 Å². The molecule has 0 saturated heterocycles. The Morgan fingerprint density at radius 3 is 1.12 bits per heavy atom. The maximum atomic E-state index is 9.46. The third-order valence-electron chi connectivity index (χ3n) is 3.53. The van der Waals surface area contributed by atoms with Crippen molar-refractivity contribution in [3.8, 4) is 0 Å². The lowest BCUT2D eigenvalue weighted by atomic mass is 9.54. The van der Waals surface area contributed by atoms with Gasteiger partial charge in [-0.15, -0.1) is 0 Å². The molecule has 0 aromatic carbocycles. The van der Waals surface area contributed by atoms with E-state index in [0.717, 1.165) is 0 Å². The molecule has 0 bridgehead atoms. The molecule has 1 rings (SSSR count). The lowest BCUT2D eigenvalue weighted by Crippen LogP contribution is -2.45. The predicted octanol–water partition coefficient (Wildman–Crippen LogP) is 2.61. The van der Waals surface area contributed by atoms with Gasteiger partial charge in [-0.1, -0.05) is 52.7 Å². The van der Waals surface area contributed by atoms with Crippen LogP contribution < -0.4 is 0 Å². The number of hydrogen-bond acceptors (Lipinski definition) is 2. The fourth-order valence-electron chi connectivity index (χ4n) is 3.06. The zero-order valence-electron chi connectivity index (χ0n) is 11.5. The van der Waals surface area contributed by atoms with Crippen molar-refractivity contribution < 1.29 is 10.2 Å². The molecule has 2 heteroatoms. The summed E-state index contributed by atoms with van der Waals surface area (Å²) in [6.07, 6.45) is 0. The van der Waals surface area contributed by atoms with Crippen LogP contribution in [0.3, 0.4) is 0 Å². The first-order chi connectivity index (χ1) is 7.14. The van der Waals surface area contributed by atoms with Crippen LogP contribution in [0.4, 0.5) is 0 Å². The fraction of sp³-hybridized carbons (Fsp3) is 0.857. The van der Waals surface area contributed by atoms with Gasteiger partial charge in [0.1, 0.15) is 0 Å². The molecule has 0 aromatic rings. The van der Waals surface area contributed by atoms with E-state index >= 15 is 0 Å². The predicted molar refractivity (Wildman–Crippen MR) is 67.1 cm³/mol. The Labute approximate surface area is 99.4 Å². The van der Waals surface area contributed by atoms with Gasteiger partial charge in [-0.3, -0.25) is 0 Å². The summed E-state index contributed by atoms with van der Waals surface area (Å²) in [5.41, 5.74) is 2.87. The molecule has 0 aromatic heterocycles. The van der Waals surface area contributed by atoms with Crippen molar-refractivity contribution in [1.29, 1.82) is 0 Å². The Bertz CT molecular complexity index is 259. The minimum Gasteiger partial charge on any atom is -0.396 e. The van der Waals surface area contributed by atoms with Gasteiger partial charge in [-0.25, -0.2) is 0 Å². The van der Waals surface area contributed by atoms with Gasteiger partial charge in [0.25, 0.3) is 0 Å². The molecule has 1 aliphatic carbocycles. The lowest BCUT2D eigenvalue weighted by molar-refractivity contribution is 0.0969. The monoisotopic (exact) mass is 226 g/mol. The zero-order chi connectivity index (χ0) is 12.7.